The van der Waals surface area contributed by atoms with Crippen LogP contribution in [-0.4, -0.2) is 29.3 Å². The van der Waals surface area contributed by atoms with Crippen molar-refractivity contribution >= 4 is 11.9 Å². The average Bonchev–Trinajstić information content (AvgIpc) is 2.17. The molecule has 0 aliphatic carbocycles. The molecule has 0 amide bonds. The molecular formula is C9H10NO5+. The van der Waals surface area contributed by atoms with Crippen LogP contribution in [0.4, 0.5) is 0 Å². The number of pyridine rings is 1. The van der Waals surface area contributed by atoms with Crippen molar-refractivity contribution in [3.63, 3.8) is 0 Å². The third-order valence-corrected chi connectivity index (χ3v) is 1.76. The Bertz CT molecular complexity index is 401. The van der Waals surface area contributed by atoms with Crippen molar-refractivity contribution in [2.24, 2.45) is 0 Å². The lowest BCUT2D eigenvalue weighted by molar-refractivity contribution is -0.384. The molecule has 0 bridgehead atoms. The normalized spacial score (nSPS) is 9.93. The lowest BCUT2D eigenvalue weighted by atomic mass is 10.1. The number of rotatable bonds is 4. The Kier molecular flexibility index (Phi) is 3.35. The van der Waals surface area contributed by atoms with Crippen LogP contribution in [0.5, 0.6) is 0 Å². The number of H-pyrrole nitrogens is 1. The molecule has 15 heavy (non-hydrogen) atoms. The van der Waals surface area contributed by atoms with E-state index < -0.39 is 11.9 Å². The molecule has 0 fully saturated rings. The second-order valence-electron chi connectivity index (χ2n) is 2.84. The summed E-state index contributed by atoms with van der Waals surface area (Å²) in [6.45, 7) is 0.219. The van der Waals surface area contributed by atoms with Crippen molar-refractivity contribution in [3.8, 4) is 0 Å². The monoisotopic (exact) mass is 212 g/mol. The average molecular weight is 212 g/mol. The Morgan fingerprint density at radius 3 is 2.53 bits per heavy atom. The first kappa shape index (κ1) is 11.1. The van der Waals surface area contributed by atoms with Gasteiger partial charge in [-0.05, 0) is 6.07 Å². The topological polar surface area (TPSA) is 98.0 Å². The summed E-state index contributed by atoms with van der Waals surface area (Å²) >= 11 is 0. The maximum atomic E-state index is 10.8. The van der Waals surface area contributed by atoms with Gasteiger partial charge in [0.05, 0.1) is 6.61 Å². The predicted octanol–water partition coefficient (Wildman–Crippen LogP) is 0.0435. The molecule has 0 radical (unpaired) electrons. The molecular weight excluding hydrogens is 202 g/mol. The van der Waals surface area contributed by atoms with Crippen LogP contribution in [-0.2, 0) is 11.3 Å². The van der Waals surface area contributed by atoms with Gasteiger partial charge in [0.25, 0.3) is 0 Å². The minimum absolute atomic E-state index is 0.219. The molecule has 6 nitrogen and oxygen atoms in total. The molecule has 6 heteroatoms. The lowest BCUT2D eigenvalue weighted by Crippen LogP contribution is -2.22. The molecule has 0 aromatic carbocycles. The summed E-state index contributed by atoms with van der Waals surface area (Å²) in [6.07, 6.45) is 1.40. The van der Waals surface area contributed by atoms with Gasteiger partial charge < -0.3 is 14.9 Å². The highest BCUT2D eigenvalue weighted by Gasteiger charge is 2.23. The van der Waals surface area contributed by atoms with Gasteiger partial charge >= 0.3 is 17.6 Å². The van der Waals surface area contributed by atoms with E-state index >= 15 is 0 Å². The van der Waals surface area contributed by atoms with Gasteiger partial charge in [-0.2, -0.15) is 0 Å². The molecule has 3 N–H and O–H groups in total. The minimum atomic E-state index is -1.31. The third-order valence-electron chi connectivity index (χ3n) is 1.76. The third kappa shape index (κ3) is 2.50. The fourth-order valence-electron chi connectivity index (χ4n) is 1.14. The SMILES string of the molecule is COCc1c[nH+]c(C(=O)O)c(C(=O)O)c1. The Hall–Kier alpha value is -1.95. The van der Waals surface area contributed by atoms with E-state index in [1.807, 2.05) is 0 Å². The van der Waals surface area contributed by atoms with Crippen LogP contribution in [0.15, 0.2) is 12.3 Å². The van der Waals surface area contributed by atoms with Gasteiger partial charge in [0.1, 0.15) is 5.56 Å². The van der Waals surface area contributed by atoms with Crippen LogP contribution in [0.1, 0.15) is 26.4 Å². The summed E-state index contributed by atoms with van der Waals surface area (Å²) in [7, 11) is 1.46. The summed E-state index contributed by atoms with van der Waals surface area (Å²) in [5.74, 6) is -2.60. The van der Waals surface area contributed by atoms with Crippen molar-refractivity contribution in [1.29, 1.82) is 0 Å². The van der Waals surface area contributed by atoms with Crippen LogP contribution in [0.2, 0.25) is 0 Å². The maximum Gasteiger partial charge on any atom is 0.402 e. The Morgan fingerprint density at radius 1 is 1.40 bits per heavy atom. The van der Waals surface area contributed by atoms with Gasteiger partial charge in [0.15, 0.2) is 6.20 Å². The van der Waals surface area contributed by atoms with Gasteiger partial charge in [-0.25, -0.2) is 14.6 Å². The van der Waals surface area contributed by atoms with Gasteiger partial charge in [0, 0.05) is 12.7 Å². The number of aromatic carboxylic acids is 2. The molecule has 1 rings (SSSR count). The summed E-state index contributed by atoms with van der Waals surface area (Å²) in [5, 5.41) is 17.5. The van der Waals surface area contributed by atoms with E-state index in [0.717, 1.165) is 0 Å². The van der Waals surface area contributed by atoms with Crippen LogP contribution < -0.4 is 4.98 Å². The first-order valence-electron chi connectivity index (χ1n) is 4.06. The van der Waals surface area contributed by atoms with E-state index in [-0.39, 0.29) is 17.9 Å². The zero-order chi connectivity index (χ0) is 11.4. The van der Waals surface area contributed by atoms with Crippen molar-refractivity contribution < 1.29 is 29.5 Å². The number of nitrogens with one attached hydrogen (secondary N) is 1. The van der Waals surface area contributed by atoms with E-state index in [4.69, 9.17) is 14.9 Å². The number of methoxy groups -OCH3 is 1. The van der Waals surface area contributed by atoms with Gasteiger partial charge in [0.2, 0.25) is 0 Å². The van der Waals surface area contributed by atoms with Crippen LogP contribution >= 0.6 is 0 Å². The molecule has 0 unspecified atom stereocenters. The van der Waals surface area contributed by atoms with E-state index in [1.165, 1.54) is 19.4 Å². The summed E-state index contributed by atoms with van der Waals surface area (Å²) < 4.78 is 4.80. The molecule has 0 aliphatic rings. The fraction of sp³-hybridized carbons (Fsp3) is 0.222. The quantitative estimate of drug-likeness (QED) is 0.734. The summed E-state index contributed by atoms with van der Waals surface area (Å²) in [4.78, 5) is 23.8. The number of carboxylic acids is 2. The van der Waals surface area contributed by atoms with E-state index in [0.29, 0.717) is 5.56 Å². The van der Waals surface area contributed by atoms with Crippen molar-refractivity contribution in [1.82, 2.24) is 0 Å². The second-order valence-corrected chi connectivity index (χ2v) is 2.84. The van der Waals surface area contributed by atoms with Gasteiger partial charge in [-0.3, -0.25) is 0 Å². The largest absolute Gasteiger partial charge is 0.477 e. The molecule has 0 saturated heterocycles. The molecule has 0 aliphatic heterocycles. The molecule has 1 aromatic rings. The zero-order valence-electron chi connectivity index (χ0n) is 7.98. The molecule has 0 saturated carbocycles. The molecule has 1 heterocycles. The number of ether oxygens (including phenoxy) is 1. The highest BCUT2D eigenvalue weighted by Crippen LogP contribution is 2.07. The van der Waals surface area contributed by atoms with Crippen molar-refractivity contribution in [2.75, 3.05) is 7.11 Å². The van der Waals surface area contributed by atoms with Crippen LogP contribution in [0.25, 0.3) is 0 Å². The first-order chi connectivity index (χ1) is 7.06. The molecule has 0 spiro atoms. The highest BCUT2D eigenvalue weighted by molar-refractivity contribution is 5.99. The predicted molar refractivity (Wildman–Crippen MR) is 47.6 cm³/mol. The number of aromatic nitrogens is 1. The second kappa shape index (κ2) is 4.52. The van der Waals surface area contributed by atoms with Gasteiger partial charge in [-0.15, -0.1) is 0 Å². The zero-order valence-corrected chi connectivity index (χ0v) is 7.98. The molecule has 0 atom stereocenters. The number of aromatic amines is 1. The smallest absolute Gasteiger partial charge is 0.402 e. The standard InChI is InChI=1S/C9H9NO5/c1-15-4-5-2-6(8(11)12)7(9(13)14)10-3-5/h2-3H,4H2,1H3,(H,11,12)(H,13,14)/p+1. The van der Waals surface area contributed by atoms with E-state index in [1.54, 1.807) is 0 Å². The van der Waals surface area contributed by atoms with Crippen LogP contribution in [0.3, 0.4) is 0 Å². The summed E-state index contributed by atoms with van der Waals surface area (Å²) in [6, 6.07) is 1.27. The number of carbonyl (C=O) groups is 2. The van der Waals surface area contributed by atoms with Crippen LogP contribution in [0, 0.1) is 0 Å². The fourth-order valence-corrected chi connectivity index (χ4v) is 1.14. The highest BCUT2D eigenvalue weighted by atomic mass is 16.5. The lowest BCUT2D eigenvalue weighted by Gasteiger charge is -1.99. The van der Waals surface area contributed by atoms with Crippen molar-refractivity contribution in [2.45, 2.75) is 6.61 Å². The summed E-state index contributed by atoms with van der Waals surface area (Å²) in [5.41, 5.74) is -0.0562. The van der Waals surface area contributed by atoms with Gasteiger partial charge in [-0.1, -0.05) is 0 Å². The maximum absolute atomic E-state index is 10.8. The first-order valence-corrected chi connectivity index (χ1v) is 4.06. The Labute approximate surface area is 85.1 Å². The minimum Gasteiger partial charge on any atom is -0.477 e. The van der Waals surface area contributed by atoms with Crippen molar-refractivity contribution in [3.05, 3.63) is 29.1 Å². The number of hydrogen-bond acceptors (Lipinski definition) is 3. The Balaban J connectivity index is 3.21. The number of carboxylic acid groups (broad SMARTS) is 2. The molecule has 1 aromatic heterocycles. The van der Waals surface area contributed by atoms with E-state index in [2.05, 4.69) is 4.98 Å². The molecule has 80 valence electrons. The van der Waals surface area contributed by atoms with E-state index in [9.17, 15) is 9.59 Å². The number of hydrogen-bond donors (Lipinski definition) is 2. The Morgan fingerprint density at radius 2 is 2.07 bits per heavy atom.